The number of halogens is 2. The number of benzene rings is 1. The number of amides is 2. The Morgan fingerprint density at radius 2 is 1.81 bits per heavy atom. The zero-order chi connectivity index (χ0) is 23.8. The fourth-order valence-corrected chi connectivity index (χ4v) is 5.26. The van der Waals surface area contributed by atoms with Gasteiger partial charge in [0.2, 0.25) is 0 Å². The lowest BCUT2D eigenvalue weighted by molar-refractivity contribution is -0.111. The number of nitrogens with one attached hydrogen (secondary N) is 1. The van der Waals surface area contributed by atoms with Crippen molar-refractivity contribution in [2.45, 2.75) is 50.0 Å². The smallest absolute Gasteiger partial charge is 0.320 e. The van der Waals surface area contributed by atoms with Gasteiger partial charge >= 0.3 is 6.03 Å². The molecule has 2 fully saturated rings. The molecule has 32 heavy (non-hydrogen) atoms. The minimum atomic E-state index is -1.39. The molecule has 3 rings (SSSR count). The summed E-state index contributed by atoms with van der Waals surface area (Å²) in [6.07, 6.45) is 1.26. The Labute approximate surface area is 201 Å². The number of likely N-dealkylation sites (tertiary alicyclic amines) is 2. The highest BCUT2D eigenvalue weighted by Gasteiger charge is 2.45. The molecule has 0 spiro atoms. The lowest BCUT2D eigenvalue weighted by Gasteiger charge is -2.48. The summed E-state index contributed by atoms with van der Waals surface area (Å²) in [7, 11) is 0. The number of urea groups is 1. The summed E-state index contributed by atoms with van der Waals surface area (Å²) in [6.45, 7) is 6.43. The second kappa shape index (κ2) is 9.74. The normalized spacial score (nSPS) is 21.2. The average molecular weight is 508 g/mol. The van der Waals surface area contributed by atoms with E-state index in [1.807, 2.05) is 20.8 Å². The minimum Gasteiger partial charge on any atom is -0.598 e. The predicted molar refractivity (Wildman–Crippen MR) is 125 cm³/mol. The first-order valence-corrected chi connectivity index (χ1v) is 12.5. The van der Waals surface area contributed by atoms with Crippen LogP contribution in [0.15, 0.2) is 12.1 Å². The Hall–Kier alpha value is -0.940. The highest BCUT2D eigenvalue weighted by molar-refractivity contribution is 7.90. The molecule has 2 heterocycles. The SMILES string of the molecule is CC(C)(C)[S@+]([O-])NC(c1cc(Cl)c(Cl)cc1O)C1CCN(C(=O)N2CC(O)(CO)C2)CC1. The molecule has 1 aromatic carbocycles. The number of hydrogen-bond acceptors (Lipinski definition) is 6. The van der Waals surface area contributed by atoms with Crippen molar-refractivity contribution in [2.24, 2.45) is 5.92 Å². The van der Waals surface area contributed by atoms with Gasteiger partial charge in [-0.25, -0.2) is 4.79 Å². The average Bonchev–Trinajstić information content (AvgIpc) is 2.71. The van der Waals surface area contributed by atoms with Crippen molar-refractivity contribution >= 4 is 40.6 Å². The maximum atomic E-state index is 12.9. The quantitative estimate of drug-likeness (QED) is 0.454. The first-order valence-electron chi connectivity index (χ1n) is 10.6. The number of carbonyl (C=O) groups is 1. The molecule has 0 radical (unpaired) electrons. The second-order valence-electron chi connectivity index (χ2n) is 9.65. The predicted octanol–water partition coefficient (Wildman–Crippen LogP) is 2.66. The van der Waals surface area contributed by atoms with Gasteiger partial charge in [-0.15, -0.1) is 4.72 Å². The van der Waals surface area contributed by atoms with Gasteiger partial charge in [0.25, 0.3) is 0 Å². The highest BCUT2D eigenvalue weighted by atomic mass is 35.5. The molecule has 2 saturated heterocycles. The van der Waals surface area contributed by atoms with E-state index in [1.165, 1.54) is 11.0 Å². The molecule has 180 valence electrons. The van der Waals surface area contributed by atoms with Crippen LogP contribution in [-0.4, -0.2) is 78.8 Å². The number of rotatable bonds is 5. The van der Waals surface area contributed by atoms with Crippen LogP contribution in [0.2, 0.25) is 10.0 Å². The van der Waals surface area contributed by atoms with Crippen LogP contribution < -0.4 is 4.72 Å². The molecule has 1 unspecified atom stereocenters. The van der Waals surface area contributed by atoms with E-state index >= 15 is 0 Å². The molecule has 11 heteroatoms. The van der Waals surface area contributed by atoms with Crippen LogP contribution in [0, 0.1) is 5.92 Å². The molecule has 4 N–H and O–H groups in total. The number of hydrogen-bond donors (Lipinski definition) is 4. The van der Waals surface area contributed by atoms with Crippen LogP contribution in [0.1, 0.15) is 45.2 Å². The van der Waals surface area contributed by atoms with Gasteiger partial charge in [0, 0.05) is 36.1 Å². The van der Waals surface area contributed by atoms with E-state index < -0.39 is 27.8 Å². The van der Waals surface area contributed by atoms with E-state index in [1.54, 1.807) is 11.0 Å². The monoisotopic (exact) mass is 507 g/mol. The van der Waals surface area contributed by atoms with Crippen molar-refractivity contribution in [1.29, 1.82) is 0 Å². The summed E-state index contributed by atoms with van der Waals surface area (Å²) in [5, 5.41) is 30.2. The number of aliphatic hydroxyl groups is 2. The molecular weight excluding hydrogens is 477 g/mol. The molecular formula is C21H31Cl2N3O5S. The molecule has 0 aliphatic carbocycles. The highest BCUT2D eigenvalue weighted by Crippen LogP contribution is 2.40. The van der Waals surface area contributed by atoms with E-state index in [9.17, 15) is 24.7 Å². The molecule has 1 aromatic rings. The number of aliphatic hydroxyl groups excluding tert-OH is 1. The molecule has 2 aliphatic rings. The molecule has 2 atom stereocenters. The lowest BCUT2D eigenvalue weighted by atomic mass is 9.85. The third-order valence-corrected chi connectivity index (χ3v) is 8.31. The van der Waals surface area contributed by atoms with Crippen molar-refractivity contribution < 1.29 is 24.7 Å². The third kappa shape index (κ3) is 5.58. The maximum Gasteiger partial charge on any atom is 0.320 e. The number of phenolic OH excluding ortho intramolecular Hbond substituents is 1. The van der Waals surface area contributed by atoms with Crippen LogP contribution in [0.5, 0.6) is 5.75 Å². The molecule has 2 amide bonds. The molecule has 0 bridgehead atoms. The number of β-amino-alcohol motifs (C(OH)–C–C–N with tert-alkyl or cyclic N) is 1. The van der Waals surface area contributed by atoms with E-state index in [2.05, 4.69) is 4.72 Å². The number of carbonyl (C=O) groups excluding carboxylic acids is 1. The van der Waals surface area contributed by atoms with Gasteiger partial charge in [0.05, 0.1) is 35.8 Å². The van der Waals surface area contributed by atoms with Crippen LogP contribution in [0.4, 0.5) is 4.79 Å². The lowest BCUT2D eigenvalue weighted by Crippen LogP contribution is -2.67. The van der Waals surface area contributed by atoms with Crippen LogP contribution >= 0.6 is 23.2 Å². The standard InChI is InChI=1S/C21H31Cl2N3O5S/c1-20(2,3)32(31)24-18(14-8-15(22)16(23)9-17(14)28)13-4-6-25(7-5-13)19(29)26-10-21(30,11-26)12-27/h8-9,13,18,24,27-28,30H,4-7,10-12H2,1-3H3/t18?,32-/m0/s1. The summed E-state index contributed by atoms with van der Waals surface area (Å²) in [6, 6.07) is 2.38. The van der Waals surface area contributed by atoms with E-state index in [0.717, 1.165) is 0 Å². The Morgan fingerprint density at radius 3 is 2.34 bits per heavy atom. The van der Waals surface area contributed by atoms with Crippen LogP contribution in [0.25, 0.3) is 0 Å². The first kappa shape index (κ1) is 25.7. The van der Waals surface area contributed by atoms with Gasteiger partial charge < -0.3 is 29.7 Å². The fraction of sp³-hybridized carbons (Fsp3) is 0.667. The summed E-state index contributed by atoms with van der Waals surface area (Å²) in [5.74, 6) is -0.0237. The Kier molecular flexibility index (Phi) is 7.81. The van der Waals surface area contributed by atoms with Gasteiger partial charge in [-0.2, -0.15) is 0 Å². The zero-order valence-corrected chi connectivity index (χ0v) is 20.8. The Morgan fingerprint density at radius 1 is 1.25 bits per heavy atom. The van der Waals surface area contributed by atoms with E-state index in [-0.39, 0.29) is 42.4 Å². The molecule has 0 saturated carbocycles. The number of phenols is 1. The number of nitrogens with zero attached hydrogens (tertiary/aromatic N) is 2. The van der Waals surface area contributed by atoms with Crippen LogP contribution in [-0.2, 0) is 11.4 Å². The van der Waals surface area contributed by atoms with Crippen molar-refractivity contribution in [1.82, 2.24) is 14.5 Å². The number of piperidine rings is 1. The Balaban J connectivity index is 1.73. The van der Waals surface area contributed by atoms with Gasteiger partial charge in [0.15, 0.2) is 0 Å². The summed E-state index contributed by atoms with van der Waals surface area (Å²) >= 11 is 10.8. The topological polar surface area (TPSA) is 119 Å². The molecule has 2 aliphatic heterocycles. The summed E-state index contributed by atoms with van der Waals surface area (Å²) < 4.78 is 15.6. The van der Waals surface area contributed by atoms with Crippen LogP contribution in [0.3, 0.4) is 0 Å². The maximum absolute atomic E-state index is 12.9. The first-order chi connectivity index (χ1) is 14.8. The van der Waals surface area contributed by atoms with Gasteiger partial charge in [-0.1, -0.05) is 23.2 Å². The summed E-state index contributed by atoms with van der Waals surface area (Å²) in [5.41, 5.74) is -0.677. The number of aromatic hydroxyl groups is 1. The van der Waals surface area contributed by atoms with Crippen molar-refractivity contribution in [2.75, 3.05) is 32.8 Å². The summed E-state index contributed by atoms with van der Waals surface area (Å²) in [4.78, 5) is 15.9. The molecule has 0 aromatic heterocycles. The van der Waals surface area contributed by atoms with Gasteiger partial charge in [0.1, 0.15) is 16.1 Å². The van der Waals surface area contributed by atoms with Crippen molar-refractivity contribution in [3.05, 3.63) is 27.7 Å². The van der Waals surface area contributed by atoms with Gasteiger partial charge in [-0.3, -0.25) is 0 Å². The van der Waals surface area contributed by atoms with E-state index in [4.69, 9.17) is 23.2 Å². The van der Waals surface area contributed by atoms with Crippen molar-refractivity contribution in [3.63, 3.8) is 0 Å². The largest absolute Gasteiger partial charge is 0.598 e. The minimum absolute atomic E-state index is 0.000688. The fourth-order valence-electron chi connectivity index (χ4n) is 4.03. The van der Waals surface area contributed by atoms with Gasteiger partial charge in [-0.05, 0) is 45.6 Å². The third-order valence-electron chi connectivity index (χ3n) is 6.01. The zero-order valence-electron chi connectivity index (χ0n) is 18.5. The molecule has 8 nitrogen and oxygen atoms in total. The second-order valence-corrected chi connectivity index (χ2v) is 12.5. The van der Waals surface area contributed by atoms with E-state index in [0.29, 0.717) is 36.5 Å². The van der Waals surface area contributed by atoms with Crippen molar-refractivity contribution in [3.8, 4) is 5.75 Å². The Bertz CT molecular complexity index is 839.